The van der Waals surface area contributed by atoms with E-state index in [1.807, 2.05) is 0 Å². The molecule has 0 aliphatic rings. The van der Waals surface area contributed by atoms with Crippen LogP contribution >= 0.6 is 0 Å². The lowest BCUT2D eigenvalue weighted by Gasteiger charge is -2.14. The van der Waals surface area contributed by atoms with Crippen molar-refractivity contribution in [1.82, 2.24) is 10.9 Å². The molecule has 0 aromatic rings. The van der Waals surface area contributed by atoms with E-state index in [9.17, 15) is 4.79 Å². The second-order valence-corrected chi connectivity index (χ2v) is 3.91. The third kappa shape index (κ3) is 9.82. The maximum Gasteiger partial charge on any atom is 0.322 e. The van der Waals surface area contributed by atoms with Crippen molar-refractivity contribution in [3.63, 3.8) is 0 Å². The van der Waals surface area contributed by atoms with E-state index in [0.717, 1.165) is 12.8 Å². The zero-order chi connectivity index (χ0) is 13.8. The molecule has 1 atom stereocenters. The Morgan fingerprint density at radius 1 is 1.28 bits per heavy atom. The van der Waals surface area contributed by atoms with Crippen molar-refractivity contribution in [3.05, 3.63) is 0 Å². The molecule has 106 valence electrons. The van der Waals surface area contributed by atoms with Crippen LogP contribution in [0.1, 0.15) is 25.7 Å². The minimum absolute atomic E-state index is 0.0915. The zero-order valence-electron chi connectivity index (χ0n) is 10.6. The quantitative estimate of drug-likeness (QED) is 0.112. The number of carbonyl (C=O) groups is 1. The molecule has 8 nitrogen and oxygen atoms in total. The zero-order valence-corrected chi connectivity index (χ0v) is 10.6. The van der Waals surface area contributed by atoms with Gasteiger partial charge < -0.3 is 22.3 Å². The Morgan fingerprint density at radius 2 is 2.00 bits per heavy atom. The van der Waals surface area contributed by atoms with Gasteiger partial charge in [-0.05, 0) is 32.2 Å². The van der Waals surface area contributed by atoms with E-state index in [4.69, 9.17) is 22.3 Å². The third-order valence-corrected chi connectivity index (χ3v) is 2.28. The van der Waals surface area contributed by atoms with Gasteiger partial charge in [-0.1, -0.05) is 0 Å². The molecule has 0 unspecified atom stereocenters. The van der Waals surface area contributed by atoms with Crippen molar-refractivity contribution in [2.75, 3.05) is 19.6 Å². The largest absolute Gasteiger partial charge is 0.480 e. The van der Waals surface area contributed by atoms with Crippen molar-refractivity contribution in [2.24, 2.45) is 22.2 Å². The standard InChI is InChI=1S/C10H24N6O2/c11-5-3-4-8(9(17)18)16-15-7-2-1-6-14-10(12)13/h8,15-16H,1-7,11H2,(H,17,18)(H4,12,13,14)/t8-/m0/s1. The van der Waals surface area contributed by atoms with Crippen molar-refractivity contribution in [1.29, 1.82) is 0 Å². The summed E-state index contributed by atoms with van der Waals surface area (Å²) >= 11 is 0. The van der Waals surface area contributed by atoms with Crippen LogP contribution in [0.4, 0.5) is 0 Å². The molecular weight excluding hydrogens is 236 g/mol. The van der Waals surface area contributed by atoms with Crippen molar-refractivity contribution < 1.29 is 9.90 Å². The Bertz CT molecular complexity index is 255. The molecule has 0 saturated heterocycles. The van der Waals surface area contributed by atoms with Crippen LogP contribution < -0.4 is 28.1 Å². The maximum atomic E-state index is 10.9. The number of carboxylic acids is 1. The average Bonchev–Trinajstić information content (AvgIpc) is 2.30. The smallest absolute Gasteiger partial charge is 0.322 e. The molecule has 0 radical (unpaired) electrons. The Morgan fingerprint density at radius 3 is 2.56 bits per heavy atom. The highest BCUT2D eigenvalue weighted by molar-refractivity contribution is 5.75. The summed E-state index contributed by atoms with van der Waals surface area (Å²) in [6.45, 7) is 1.73. The minimum atomic E-state index is -0.878. The summed E-state index contributed by atoms with van der Waals surface area (Å²) in [5.74, 6) is -0.787. The summed E-state index contributed by atoms with van der Waals surface area (Å²) in [4.78, 5) is 14.7. The highest BCUT2D eigenvalue weighted by atomic mass is 16.4. The summed E-state index contributed by atoms with van der Waals surface area (Å²) in [6, 6.07) is -0.605. The van der Waals surface area contributed by atoms with Crippen LogP contribution in [0.15, 0.2) is 4.99 Å². The molecule has 0 aliphatic carbocycles. The highest BCUT2D eigenvalue weighted by Gasteiger charge is 2.15. The third-order valence-electron chi connectivity index (χ3n) is 2.28. The predicted octanol–water partition coefficient (Wildman–Crippen LogP) is -1.67. The monoisotopic (exact) mass is 260 g/mol. The molecule has 0 amide bonds. The van der Waals surface area contributed by atoms with Gasteiger partial charge in [0.2, 0.25) is 0 Å². The highest BCUT2D eigenvalue weighted by Crippen LogP contribution is 1.95. The van der Waals surface area contributed by atoms with E-state index in [0.29, 0.717) is 32.5 Å². The number of rotatable bonds is 11. The fraction of sp³-hybridized carbons (Fsp3) is 0.800. The number of hydrogen-bond donors (Lipinski definition) is 6. The molecule has 9 N–H and O–H groups in total. The lowest BCUT2D eigenvalue weighted by Crippen LogP contribution is -2.46. The number of aliphatic carboxylic acids is 1. The Labute approximate surface area is 107 Å². The molecule has 0 heterocycles. The Balaban J connectivity index is 3.55. The lowest BCUT2D eigenvalue weighted by atomic mass is 10.2. The topological polar surface area (TPSA) is 152 Å². The number of nitrogens with zero attached hydrogens (tertiary/aromatic N) is 1. The first-order chi connectivity index (χ1) is 8.57. The fourth-order valence-corrected chi connectivity index (χ4v) is 1.31. The molecule has 0 fully saturated rings. The number of guanidine groups is 1. The number of hydrazine groups is 1. The SMILES string of the molecule is NCCC[C@H](NNCCCCN=C(N)N)C(=O)O. The molecule has 8 heteroatoms. The summed E-state index contributed by atoms with van der Waals surface area (Å²) in [5.41, 5.74) is 21.3. The summed E-state index contributed by atoms with van der Waals surface area (Å²) in [5, 5.41) is 8.91. The number of nitrogens with one attached hydrogen (secondary N) is 2. The average molecular weight is 260 g/mol. The van der Waals surface area contributed by atoms with Gasteiger partial charge in [-0.2, -0.15) is 0 Å². The van der Waals surface area contributed by atoms with Gasteiger partial charge in [0.1, 0.15) is 6.04 Å². The molecule has 0 bridgehead atoms. The lowest BCUT2D eigenvalue weighted by molar-refractivity contribution is -0.140. The van der Waals surface area contributed by atoms with Crippen LogP contribution in [-0.2, 0) is 4.79 Å². The first kappa shape index (κ1) is 16.6. The van der Waals surface area contributed by atoms with Gasteiger partial charge >= 0.3 is 5.97 Å². The molecule has 0 spiro atoms. The molecule has 0 aromatic carbocycles. The van der Waals surface area contributed by atoms with Crippen LogP contribution in [-0.4, -0.2) is 42.7 Å². The van der Waals surface area contributed by atoms with Gasteiger partial charge in [0, 0.05) is 13.1 Å². The first-order valence-electron chi connectivity index (χ1n) is 6.04. The summed E-state index contributed by atoms with van der Waals surface area (Å²) in [6.07, 6.45) is 2.88. The van der Waals surface area contributed by atoms with E-state index in [1.165, 1.54) is 0 Å². The second-order valence-electron chi connectivity index (χ2n) is 3.91. The maximum absolute atomic E-state index is 10.9. The van der Waals surface area contributed by atoms with Crippen LogP contribution in [0.25, 0.3) is 0 Å². The van der Waals surface area contributed by atoms with E-state index >= 15 is 0 Å². The number of aliphatic imine (C=N–C) groups is 1. The van der Waals surface area contributed by atoms with Crippen LogP contribution in [0.3, 0.4) is 0 Å². The van der Waals surface area contributed by atoms with Crippen LogP contribution in [0, 0.1) is 0 Å². The van der Waals surface area contributed by atoms with Crippen LogP contribution in [0.2, 0.25) is 0 Å². The first-order valence-corrected chi connectivity index (χ1v) is 6.04. The van der Waals surface area contributed by atoms with Crippen molar-refractivity contribution >= 4 is 11.9 Å². The molecule has 0 aliphatic heterocycles. The van der Waals surface area contributed by atoms with Gasteiger partial charge in [-0.15, -0.1) is 0 Å². The summed E-state index contributed by atoms with van der Waals surface area (Å²) < 4.78 is 0. The molecule has 0 rings (SSSR count). The van der Waals surface area contributed by atoms with E-state index in [-0.39, 0.29) is 5.96 Å². The Kier molecular flexibility index (Phi) is 9.93. The number of nitrogens with two attached hydrogens (primary N) is 3. The normalized spacial score (nSPS) is 12.1. The van der Waals surface area contributed by atoms with Gasteiger partial charge in [0.05, 0.1) is 0 Å². The number of hydrogen-bond acceptors (Lipinski definition) is 5. The van der Waals surface area contributed by atoms with E-state index in [1.54, 1.807) is 0 Å². The molecular formula is C10H24N6O2. The van der Waals surface area contributed by atoms with Gasteiger partial charge in [-0.25, -0.2) is 5.43 Å². The predicted molar refractivity (Wildman–Crippen MR) is 70.8 cm³/mol. The van der Waals surface area contributed by atoms with Crippen molar-refractivity contribution in [3.8, 4) is 0 Å². The van der Waals surface area contributed by atoms with Crippen molar-refractivity contribution in [2.45, 2.75) is 31.7 Å². The summed E-state index contributed by atoms with van der Waals surface area (Å²) in [7, 11) is 0. The number of unbranched alkanes of at least 4 members (excludes halogenated alkanes) is 1. The second kappa shape index (κ2) is 10.8. The minimum Gasteiger partial charge on any atom is -0.480 e. The molecule has 0 saturated carbocycles. The van der Waals surface area contributed by atoms with Crippen LogP contribution in [0.5, 0.6) is 0 Å². The van der Waals surface area contributed by atoms with Gasteiger partial charge in [-0.3, -0.25) is 15.2 Å². The van der Waals surface area contributed by atoms with Gasteiger partial charge in [0.15, 0.2) is 5.96 Å². The fourth-order valence-electron chi connectivity index (χ4n) is 1.31. The van der Waals surface area contributed by atoms with E-state index in [2.05, 4.69) is 15.8 Å². The molecule has 18 heavy (non-hydrogen) atoms. The van der Waals surface area contributed by atoms with Gasteiger partial charge in [0.25, 0.3) is 0 Å². The van der Waals surface area contributed by atoms with E-state index < -0.39 is 12.0 Å². The number of carboxylic acid groups (broad SMARTS) is 1. The Hall–Kier alpha value is -1.38. The molecule has 0 aromatic heterocycles.